The second-order valence-electron chi connectivity index (χ2n) is 5.80. The third kappa shape index (κ3) is 3.96. The number of rotatable bonds is 5. The molecule has 3 aromatic heterocycles. The molecule has 4 rings (SSSR count). The Balaban J connectivity index is 1.50. The summed E-state index contributed by atoms with van der Waals surface area (Å²) in [7, 11) is 0. The van der Waals surface area contributed by atoms with Crippen molar-refractivity contribution >= 4 is 39.8 Å². The quantitative estimate of drug-likeness (QED) is 0.517. The normalized spacial score (nSPS) is 11.0. The second kappa shape index (κ2) is 7.41. The molecule has 0 aliphatic heterocycles. The lowest BCUT2D eigenvalue weighted by molar-refractivity contribution is -0.113. The maximum absolute atomic E-state index is 12.1. The van der Waals surface area contributed by atoms with E-state index >= 15 is 0 Å². The number of nitrogens with one attached hydrogen (secondary N) is 1. The number of aromatic nitrogens is 6. The summed E-state index contributed by atoms with van der Waals surface area (Å²) < 4.78 is 1.65. The minimum Gasteiger partial charge on any atom is -0.300 e. The summed E-state index contributed by atoms with van der Waals surface area (Å²) in [6.45, 7) is 3.88. The molecule has 0 atom stereocenters. The van der Waals surface area contributed by atoms with Gasteiger partial charge in [0, 0.05) is 5.56 Å². The third-order valence-electron chi connectivity index (χ3n) is 3.69. The molecule has 0 saturated carbocycles. The summed E-state index contributed by atoms with van der Waals surface area (Å²) >= 11 is 2.60. The fourth-order valence-corrected chi connectivity index (χ4v) is 3.67. The van der Waals surface area contributed by atoms with Gasteiger partial charge in [-0.3, -0.25) is 10.1 Å². The van der Waals surface area contributed by atoms with Crippen molar-refractivity contribution < 1.29 is 4.79 Å². The first-order valence-corrected chi connectivity index (χ1v) is 9.91. The molecular formula is C17H15N7OS2. The summed E-state index contributed by atoms with van der Waals surface area (Å²) in [5.41, 5.74) is 3.65. The van der Waals surface area contributed by atoms with E-state index in [9.17, 15) is 4.79 Å². The van der Waals surface area contributed by atoms with Crippen LogP contribution in [0, 0.1) is 13.8 Å². The Labute approximate surface area is 163 Å². The van der Waals surface area contributed by atoms with Crippen molar-refractivity contribution in [3.63, 3.8) is 0 Å². The molecule has 4 aromatic rings. The lowest BCUT2D eigenvalue weighted by Crippen LogP contribution is -2.14. The Morgan fingerprint density at radius 2 is 1.89 bits per heavy atom. The molecular weight excluding hydrogens is 382 g/mol. The topological polar surface area (TPSA) is 98.0 Å². The van der Waals surface area contributed by atoms with E-state index in [-0.39, 0.29) is 11.7 Å². The Morgan fingerprint density at radius 3 is 2.63 bits per heavy atom. The van der Waals surface area contributed by atoms with Crippen LogP contribution in [0.4, 0.5) is 5.13 Å². The summed E-state index contributed by atoms with van der Waals surface area (Å²) in [4.78, 5) is 12.1. The van der Waals surface area contributed by atoms with Gasteiger partial charge in [0.25, 0.3) is 0 Å². The highest BCUT2D eigenvalue weighted by molar-refractivity contribution is 7.99. The van der Waals surface area contributed by atoms with Crippen LogP contribution in [0.5, 0.6) is 0 Å². The number of anilines is 1. The van der Waals surface area contributed by atoms with Crippen molar-refractivity contribution in [2.45, 2.75) is 19.0 Å². The summed E-state index contributed by atoms with van der Waals surface area (Å²) in [5, 5.41) is 25.2. The van der Waals surface area contributed by atoms with E-state index in [0.29, 0.717) is 15.9 Å². The number of hydrogen-bond donors (Lipinski definition) is 1. The number of thioether (sulfide) groups is 1. The number of aryl methyl sites for hydroxylation is 2. The number of fused-ring (bicyclic) bond motifs is 1. The standard InChI is InChI=1S/C17H15N7OS2/c1-10-3-5-12(6-4-10)13-7-8-14-20-22-17(24(14)23-13)26-9-15(25)18-16-21-19-11(2)27-16/h3-8H,9H2,1-2H3,(H,18,21,25). The number of carbonyl (C=O) groups excluding carboxylic acids is 1. The van der Waals surface area contributed by atoms with Crippen LogP contribution in [-0.4, -0.2) is 41.7 Å². The number of hydrogen-bond acceptors (Lipinski definition) is 8. The first-order valence-electron chi connectivity index (χ1n) is 8.11. The van der Waals surface area contributed by atoms with Crippen molar-refractivity contribution in [2.75, 3.05) is 11.1 Å². The fraction of sp³-hybridized carbons (Fsp3) is 0.176. The molecule has 136 valence electrons. The van der Waals surface area contributed by atoms with Crippen molar-refractivity contribution in [3.05, 3.63) is 47.0 Å². The molecule has 1 amide bonds. The molecule has 0 radical (unpaired) electrons. The van der Waals surface area contributed by atoms with Crippen LogP contribution in [0.2, 0.25) is 0 Å². The van der Waals surface area contributed by atoms with E-state index in [2.05, 4.69) is 30.8 Å². The minimum absolute atomic E-state index is 0.176. The van der Waals surface area contributed by atoms with Crippen molar-refractivity contribution in [1.29, 1.82) is 0 Å². The van der Waals surface area contributed by atoms with Gasteiger partial charge >= 0.3 is 0 Å². The van der Waals surface area contributed by atoms with E-state index < -0.39 is 0 Å². The van der Waals surface area contributed by atoms with Crippen molar-refractivity contribution in [3.8, 4) is 11.3 Å². The Kier molecular flexibility index (Phi) is 4.82. The molecule has 1 N–H and O–H groups in total. The molecule has 0 aliphatic carbocycles. The number of amides is 1. The predicted molar refractivity (Wildman–Crippen MR) is 105 cm³/mol. The molecule has 27 heavy (non-hydrogen) atoms. The SMILES string of the molecule is Cc1ccc(-c2ccc3nnc(SCC(=O)Nc4nnc(C)s4)n3n2)cc1. The molecule has 10 heteroatoms. The average molecular weight is 397 g/mol. The van der Waals surface area contributed by atoms with Gasteiger partial charge < -0.3 is 0 Å². The zero-order chi connectivity index (χ0) is 18.8. The summed E-state index contributed by atoms with van der Waals surface area (Å²) in [6.07, 6.45) is 0. The highest BCUT2D eigenvalue weighted by Crippen LogP contribution is 2.21. The van der Waals surface area contributed by atoms with Gasteiger partial charge in [-0.1, -0.05) is 52.9 Å². The Morgan fingerprint density at radius 1 is 1.07 bits per heavy atom. The van der Waals surface area contributed by atoms with Crippen LogP contribution in [0.1, 0.15) is 10.6 Å². The molecule has 0 aliphatic rings. The molecule has 0 fully saturated rings. The van der Waals surface area contributed by atoms with Gasteiger partial charge in [0.05, 0.1) is 11.4 Å². The van der Waals surface area contributed by atoms with Crippen LogP contribution in [-0.2, 0) is 4.79 Å². The molecule has 1 aromatic carbocycles. The number of benzene rings is 1. The number of carbonyl (C=O) groups is 1. The van der Waals surface area contributed by atoms with E-state index in [0.717, 1.165) is 16.3 Å². The molecule has 3 heterocycles. The minimum atomic E-state index is -0.178. The van der Waals surface area contributed by atoms with Crippen LogP contribution < -0.4 is 5.32 Å². The fourth-order valence-electron chi connectivity index (χ4n) is 2.37. The van der Waals surface area contributed by atoms with Crippen LogP contribution >= 0.6 is 23.1 Å². The first kappa shape index (κ1) is 17.6. The third-order valence-corrected chi connectivity index (χ3v) is 5.36. The lowest BCUT2D eigenvalue weighted by atomic mass is 10.1. The molecule has 0 spiro atoms. The van der Waals surface area contributed by atoms with Gasteiger partial charge in [-0.25, -0.2) is 0 Å². The van der Waals surface area contributed by atoms with Gasteiger partial charge in [0.1, 0.15) is 5.01 Å². The Hall–Kier alpha value is -2.85. The molecule has 8 nitrogen and oxygen atoms in total. The predicted octanol–water partition coefficient (Wildman–Crippen LogP) is 2.99. The molecule has 0 saturated heterocycles. The summed E-state index contributed by atoms with van der Waals surface area (Å²) in [6, 6.07) is 11.9. The van der Waals surface area contributed by atoms with Crippen LogP contribution in [0.15, 0.2) is 41.6 Å². The maximum atomic E-state index is 12.1. The Bertz CT molecular complexity index is 1100. The number of nitrogens with zero attached hydrogens (tertiary/aromatic N) is 6. The smallest absolute Gasteiger partial charge is 0.236 e. The first-order chi connectivity index (χ1) is 13.1. The maximum Gasteiger partial charge on any atom is 0.236 e. The van der Waals surface area contributed by atoms with E-state index in [4.69, 9.17) is 0 Å². The zero-order valence-electron chi connectivity index (χ0n) is 14.6. The van der Waals surface area contributed by atoms with E-state index in [1.54, 1.807) is 4.52 Å². The highest BCUT2D eigenvalue weighted by Gasteiger charge is 2.13. The van der Waals surface area contributed by atoms with Gasteiger partial charge in [-0.2, -0.15) is 9.61 Å². The monoisotopic (exact) mass is 397 g/mol. The van der Waals surface area contributed by atoms with E-state index in [1.807, 2.05) is 50.2 Å². The summed E-state index contributed by atoms with van der Waals surface area (Å²) in [5.74, 6) is -0.00171. The van der Waals surface area contributed by atoms with Gasteiger partial charge in [0.15, 0.2) is 5.65 Å². The van der Waals surface area contributed by atoms with Gasteiger partial charge in [-0.05, 0) is 26.0 Å². The average Bonchev–Trinajstić information content (AvgIpc) is 3.26. The highest BCUT2D eigenvalue weighted by atomic mass is 32.2. The largest absolute Gasteiger partial charge is 0.300 e. The molecule has 0 bridgehead atoms. The molecule has 0 unspecified atom stereocenters. The van der Waals surface area contributed by atoms with Crippen molar-refractivity contribution in [2.24, 2.45) is 0 Å². The lowest BCUT2D eigenvalue weighted by Gasteiger charge is -2.04. The van der Waals surface area contributed by atoms with Gasteiger partial charge in [-0.15, -0.1) is 20.4 Å². The zero-order valence-corrected chi connectivity index (χ0v) is 16.2. The van der Waals surface area contributed by atoms with Crippen molar-refractivity contribution in [1.82, 2.24) is 30.0 Å². The second-order valence-corrected chi connectivity index (χ2v) is 7.92. The van der Waals surface area contributed by atoms with E-state index in [1.165, 1.54) is 28.7 Å². The van der Waals surface area contributed by atoms with Crippen LogP contribution in [0.25, 0.3) is 16.9 Å². The van der Waals surface area contributed by atoms with Gasteiger partial charge in [0.2, 0.25) is 16.2 Å². The van der Waals surface area contributed by atoms with Crippen LogP contribution in [0.3, 0.4) is 0 Å².